The molecular weight excluding hydrogens is 281 g/mol. The summed E-state index contributed by atoms with van der Waals surface area (Å²) >= 11 is 11.9. The molecule has 0 amide bonds. The Morgan fingerprint density at radius 3 is 2.53 bits per heavy atom. The molecule has 0 aromatic heterocycles. The number of hydrogen-bond donors (Lipinski definition) is 0. The van der Waals surface area contributed by atoms with E-state index >= 15 is 0 Å². The van der Waals surface area contributed by atoms with Gasteiger partial charge in [0.15, 0.2) is 0 Å². The van der Waals surface area contributed by atoms with Crippen molar-refractivity contribution in [1.82, 2.24) is 0 Å². The number of sulfone groups is 1. The van der Waals surface area contributed by atoms with Crippen molar-refractivity contribution in [2.24, 2.45) is 0 Å². The van der Waals surface area contributed by atoms with Crippen molar-refractivity contribution >= 4 is 38.7 Å². The minimum absolute atomic E-state index is 0.109. The molecule has 0 saturated carbocycles. The molecule has 0 aliphatic rings. The van der Waals surface area contributed by atoms with Crippen molar-refractivity contribution in [2.45, 2.75) is 5.88 Å². The van der Waals surface area contributed by atoms with E-state index in [1.165, 1.54) is 6.26 Å². The topological polar surface area (TPSA) is 37.4 Å². The van der Waals surface area contributed by atoms with Crippen LogP contribution in [-0.2, 0) is 15.7 Å². The molecule has 0 spiro atoms. The molecule has 0 N–H and O–H groups in total. The molecule has 0 unspecified atom stereocenters. The summed E-state index contributed by atoms with van der Waals surface area (Å²) in [6.45, 7) is 0.420. The minimum Gasteiger partial charge on any atom is -0.373 e. The number of hydrogen-bond acceptors (Lipinski definition) is 3. The van der Waals surface area contributed by atoms with Crippen molar-refractivity contribution < 1.29 is 8.42 Å². The van der Waals surface area contributed by atoms with E-state index in [1.54, 1.807) is 6.07 Å². The van der Waals surface area contributed by atoms with E-state index in [-0.39, 0.29) is 5.75 Å². The van der Waals surface area contributed by atoms with E-state index in [0.29, 0.717) is 17.4 Å². The van der Waals surface area contributed by atoms with Gasteiger partial charge in [-0.2, -0.15) is 0 Å². The Balaban J connectivity index is 2.89. The van der Waals surface area contributed by atoms with Crippen LogP contribution in [0, 0.1) is 0 Å². The molecule has 0 heterocycles. The zero-order valence-corrected chi connectivity index (χ0v) is 12.1. The van der Waals surface area contributed by atoms with Crippen LogP contribution in [0.5, 0.6) is 0 Å². The van der Waals surface area contributed by atoms with Crippen molar-refractivity contribution in [3.8, 4) is 0 Å². The van der Waals surface area contributed by atoms with Crippen LogP contribution in [0.4, 0.5) is 5.69 Å². The van der Waals surface area contributed by atoms with Gasteiger partial charge in [-0.3, -0.25) is 0 Å². The molecule has 0 radical (unpaired) electrons. The molecule has 0 saturated heterocycles. The maximum Gasteiger partial charge on any atom is 0.149 e. The maximum absolute atomic E-state index is 11.1. The summed E-state index contributed by atoms with van der Waals surface area (Å²) in [5.41, 5.74) is 1.70. The highest BCUT2D eigenvalue weighted by Crippen LogP contribution is 2.28. The lowest BCUT2D eigenvalue weighted by atomic mass is 10.2. The Kier molecular flexibility index (Phi) is 5.10. The highest BCUT2D eigenvalue weighted by molar-refractivity contribution is 7.90. The minimum atomic E-state index is -2.96. The molecular formula is C11H15Cl2NO2S. The van der Waals surface area contributed by atoms with Gasteiger partial charge in [0, 0.05) is 36.1 Å². The van der Waals surface area contributed by atoms with Crippen LogP contribution in [0.15, 0.2) is 18.2 Å². The van der Waals surface area contributed by atoms with Crippen LogP contribution in [0.3, 0.4) is 0 Å². The SMILES string of the molecule is CN(CCS(C)(=O)=O)c1cccc(Cl)c1CCl. The molecule has 17 heavy (non-hydrogen) atoms. The summed E-state index contributed by atoms with van der Waals surface area (Å²) in [5.74, 6) is 0.413. The summed E-state index contributed by atoms with van der Waals surface area (Å²) in [4.78, 5) is 1.85. The molecule has 1 aromatic rings. The van der Waals surface area contributed by atoms with Gasteiger partial charge in [0.25, 0.3) is 0 Å². The Morgan fingerprint density at radius 2 is 2.00 bits per heavy atom. The molecule has 3 nitrogen and oxygen atoms in total. The van der Waals surface area contributed by atoms with Gasteiger partial charge in [-0.1, -0.05) is 17.7 Å². The first kappa shape index (κ1) is 14.6. The van der Waals surface area contributed by atoms with Crippen LogP contribution >= 0.6 is 23.2 Å². The average molecular weight is 296 g/mol. The molecule has 1 rings (SSSR count). The van der Waals surface area contributed by atoms with Crippen LogP contribution < -0.4 is 4.90 Å². The zero-order chi connectivity index (χ0) is 13.1. The Morgan fingerprint density at radius 1 is 1.35 bits per heavy atom. The second-order valence-corrected chi connectivity index (χ2v) is 6.86. The highest BCUT2D eigenvalue weighted by Gasteiger charge is 2.11. The van der Waals surface area contributed by atoms with E-state index in [0.717, 1.165) is 11.3 Å². The quantitative estimate of drug-likeness (QED) is 0.784. The van der Waals surface area contributed by atoms with Gasteiger partial charge in [-0.05, 0) is 12.1 Å². The molecule has 0 fully saturated rings. The molecule has 0 atom stereocenters. The standard InChI is InChI=1S/C11H15Cl2NO2S/c1-14(6-7-17(2,15)16)11-5-3-4-10(13)9(11)8-12/h3-5H,6-8H2,1-2H3. The first-order valence-electron chi connectivity index (χ1n) is 5.07. The van der Waals surface area contributed by atoms with Gasteiger partial charge in [0.05, 0.1) is 11.6 Å². The predicted octanol–water partition coefficient (Wildman–Crippen LogP) is 2.56. The van der Waals surface area contributed by atoms with Gasteiger partial charge in [-0.15, -0.1) is 11.6 Å². The molecule has 6 heteroatoms. The Bertz CT molecular complexity index is 488. The number of alkyl halides is 1. The Labute approximate surface area is 112 Å². The van der Waals surface area contributed by atoms with Gasteiger partial charge in [0.1, 0.15) is 9.84 Å². The lowest BCUT2D eigenvalue weighted by Gasteiger charge is -2.22. The largest absolute Gasteiger partial charge is 0.373 e. The van der Waals surface area contributed by atoms with Gasteiger partial charge >= 0.3 is 0 Å². The third kappa shape index (κ3) is 4.37. The van der Waals surface area contributed by atoms with E-state index < -0.39 is 9.84 Å². The molecule has 0 aliphatic carbocycles. The average Bonchev–Trinajstić information content (AvgIpc) is 2.24. The number of halogens is 2. The van der Waals surface area contributed by atoms with Crippen LogP contribution in [0.2, 0.25) is 5.02 Å². The van der Waals surface area contributed by atoms with E-state index in [1.807, 2.05) is 24.1 Å². The van der Waals surface area contributed by atoms with Gasteiger partial charge in [0.2, 0.25) is 0 Å². The first-order valence-corrected chi connectivity index (χ1v) is 8.04. The normalized spacial score (nSPS) is 11.5. The highest BCUT2D eigenvalue weighted by atomic mass is 35.5. The lowest BCUT2D eigenvalue weighted by molar-refractivity contribution is 0.601. The number of benzene rings is 1. The molecule has 1 aromatic carbocycles. The fourth-order valence-corrected chi connectivity index (χ4v) is 2.65. The second kappa shape index (κ2) is 5.94. The van der Waals surface area contributed by atoms with Crippen LogP contribution in [-0.4, -0.2) is 34.0 Å². The monoisotopic (exact) mass is 295 g/mol. The van der Waals surface area contributed by atoms with E-state index in [9.17, 15) is 8.42 Å². The summed E-state index contributed by atoms with van der Waals surface area (Å²) in [7, 11) is -1.14. The Hall–Kier alpha value is -0.450. The molecule has 0 aliphatic heterocycles. The van der Waals surface area contributed by atoms with E-state index in [4.69, 9.17) is 23.2 Å². The number of anilines is 1. The summed E-state index contributed by atoms with van der Waals surface area (Å²) in [5, 5.41) is 0.601. The maximum atomic E-state index is 11.1. The predicted molar refractivity (Wildman–Crippen MR) is 74.0 cm³/mol. The zero-order valence-electron chi connectivity index (χ0n) is 9.78. The molecule has 0 bridgehead atoms. The van der Waals surface area contributed by atoms with Crippen molar-refractivity contribution in [3.63, 3.8) is 0 Å². The third-order valence-electron chi connectivity index (χ3n) is 2.44. The number of nitrogens with zero attached hydrogens (tertiary/aromatic N) is 1. The second-order valence-electron chi connectivity index (χ2n) is 3.92. The van der Waals surface area contributed by atoms with E-state index in [2.05, 4.69) is 0 Å². The number of rotatable bonds is 5. The van der Waals surface area contributed by atoms with Gasteiger partial charge < -0.3 is 4.90 Å². The summed E-state index contributed by atoms with van der Waals surface area (Å²) in [6, 6.07) is 5.48. The van der Waals surface area contributed by atoms with Crippen molar-refractivity contribution in [3.05, 3.63) is 28.8 Å². The first-order chi connectivity index (χ1) is 7.85. The fourth-order valence-electron chi connectivity index (χ4n) is 1.46. The lowest BCUT2D eigenvalue weighted by Crippen LogP contribution is -2.25. The van der Waals surface area contributed by atoms with Gasteiger partial charge in [-0.25, -0.2) is 8.42 Å². The summed E-state index contributed by atoms with van der Waals surface area (Å²) < 4.78 is 22.2. The van der Waals surface area contributed by atoms with Crippen LogP contribution in [0.1, 0.15) is 5.56 Å². The van der Waals surface area contributed by atoms with Crippen molar-refractivity contribution in [2.75, 3.05) is 30.5 Å². The fraction of sp³-hybridized carbons (Fsp3) is 0.455. The third-order valence-corrected chi connectivity index (χ3v) is 3.98. The molecule has 96 valence electrons. The smallest absolute Gasteiger partial charge is 0.149 e. The van der Waals surface area contributed by atoms with Crippen molar-refractivity contribution in [1.29, 1.82) is 0 Å². The summed E-state index contributed by atoms with van der Waals surface area (Å²) in [6.07, 6.45) is 1.22. The van der Waals surface area contributed by atoms with Crippen LogP contribution in [0.25, 0.3) is 0 Å².